The van der Waals surface area contributed by atoms with Crippen molar-refractivity contribution in [3.05, 3.63) is 0 Å². The van der Waals surface area contributed by atoms with Crippen molar-refractivity contribution in [1.29, 1.82) is 0 Å². The van der Waals surface area contributed by atoms with Gasteiger partial charge in [0.25, 0.3) is 0 Å². The van der Waals surface area contributed by atoms with Crippen molar-refractivity contribution in [3.63, 3.8) is 0 Å². The summed E-state index contributed by atoms with van der Waals surface area (Å²) in [5.41, 5.74) is 0. The summed E-state index contributed by atoms with van der Waals surface area (Å²) in [6, 6.07) is 0. The predicted molar refractivity (Wildman–Crippen MR) is 73.6 cm³/mol. The van der Waals surface area contributed by atoms with Crippen LogP contribution in [0, 0.1) is 0 Å². The third kappa shape index (κ3) is 4.88. The smallest absolute Gasteiger partial charge is 0.319 e. The topological polar surface area (TPSA) is 46.6 Å². The number of amides is 1. The van der Waals surface area contributed by atoms with Gasteiger partial charge in [0.15, 0.2) is 0 Å². The second kappa shape index (κ2) is 8.40. The molecule has 0 aromatic carbocycles. The molecule has 5 heteroatoms. The Labute approximate surface area is 113 Å². The highest BCUT2D eigenvalue weighted by atomic mass is 32.2. The number of thioether (sulfide) groups is 1. The van der Waals surface area contributed by atoms with Gasteiger partial charge in [-0.25, -0.2) is 0 Å². The lowest BCUT2D eigenvalue weighted by atomic mass is 10.2. The standard InChI is InChI=1S/C13H23NO3S/c1-3-7-11(13(16)17-4-2)18-10-12(15)14-8-5-6-9-14/h11H,3-10H2,1-2H3. The minimum absolute atomic E-state index is 0.155. The summed E-state index contributed by atoms with van der Waals surface area (Å²) in [6.45, 7) is 5.99. The van der Waals surface area contributed by atoms with Gasteiger partial charge in [-0.3, -0.25) is 9.59 Å². The van der Waals surface area contributed by atoms with E-state index >= 15 is 0 Å². The van der Waals surface area contributed by atoms with Gasteiger partial charge in [-0.1, -0.05) is 13.3 Å². The molecule has 1 aliphatic heterocycles. The molecule has 0 spiro atoms. The minimum atomic E-state index is -0.193. The Hall–Kier alpha value is -0.710. The molecule has 1 fully saturated rings. The fourth-order valence-electron chi connectivity index (χ4n) is 2.00. The summed E-state index contributed by atoms with van der Waals surface area (Å²) in [5.74, 6) is 0.366. The fraction of sp³-hybridized carbons (Fsp3) is 0.846. The second-order valence-electron chi connectivity index (χ2n) is 4.43. The summed E-state index contributed by atoms with van der Waals surface area (Å²) in [7, 11) is 0. The summed E-state index contributed by atoms with van der Waals surface area (Å²) >= 11 is 1.42. The van der Waals surface area contributed by atoms with Crippen LogP contribution >= 0.6 is 11.8 Å². The zero-order chi connectivity index (χ0) is 13.4. The quantitative estimate of drug-likeness (QED) is 0.666. The van der Waals surface area contributed by atoms with Gasteiger partial charge in [-0.2, -0.15) is 0 Å². The van der Waals surface area contributed by atoms with E-state index in [1.807, 2.05) is 11.8 Å². The van der Waals surface area contributed by atoms with E-state index in [4.69, 9.17) is 4.74 Å². The third-order valence-electron chi connectivity index (χ3n) is 2.97. The molecular weight excluding hydrogens is 250 g/mol. The maximum Gasteiger partial charge on any atom is 0.319 e. The second-order valence-corrected chi connectivity index (χ2v) is 5.62. The fourth-order valence-corrected chi connectivity index (χ4v) is 3.13. The molecular formula is C13H23NO3S. The molecule has 0 aliphatic carbocycles. The van der Waals surface area contributed by atoms with E-state index in [1.54, 1.807) is 6.92 Å². The number of esters is 1. The molecule has 0 N–H and O–H groups in total. The van der Waals surface area contributed by atoms with E-state index in [0.717, 1.165) is 38.8 Å². The molecule has 1 unspecified atom stereocenters. The Kier molecular flexibility index (Phi) is 7.16. The molecule has 0 saturated carbocycles. The van der Waals surface area contributed by atoms with Crippen molar-refractivity contribution in [3.8, 4) is 0 Å². The molecule has 1 rings (SSSR count). The van der Waals surface area contributed by atoms with Crippen LogP contribution in [0.3, 0.4) is 0 Å². The van der Waals surface area contributed by atoms with Crippen LogP contribution in [-0.4, -0.2) is 47.5 Å². The van der Waals surface area contributed by atoms with E-state index in [0.29, 0.717) is 12.4 Å². The molecule has 1 atom stereocenters. The largest absolute Gasteiger partial charge is 0.465 e. The third-order valence-corrected chi connectivity index (χ3v) is 4.21. The Bertz CT molecular complexity index is 277. The lowest BCUT2D eigenvalue weighted by Gasteiger charge is -2.18. The number of hydrogen-bond donors (Lipinski definition) is 0. The van der Waals surface area contributed by atoms with E-state index in [-0.39, 0.29) is 17.1 Å². The monoisotopic (exact) mass is 273 g/mol. The van der Waals surface area contributed by atoms with Crippen LogP contribution in [0.15, 0.2) is 0 Å². The number of carbonyl (C=O) groups is 2. The average molecular weight is 273 g/mol. The van der Waals surface area contributed by atoms with E-state index in [2.05, 4.69) is 0 Å². The average Bonchev–Trinajstić information content (AvgIpc) is 2.88. The van der Waals surface area contributed by atoms with Crippen molar-refractivity contribution in [2.45, 2.75) is 44.8 Å². The molecule has 1 heterocycles. The van der Waals surface area contributed by atoms with Gasteiger partial charge in [0.1, 0.15) is 5.25 Å². The molecule has 0 aromatic heterocycles. The highest BCUT2D eigenvalue weighted by Gasteiger charge is 2.23. The Balaban J connectivity index is 2.35. The molecule has 1 aliphatic rings. The van der Waals surface area contributed by atoms with Gasteiger partial charge < -0.3 is 9.64 Å². The lowest BCUT2D eigenvalue weighted by Crippen LogP contribution is -2.31. The van der Waals surface area contributed by atoms with Crippen molar-refractivity contribution in [2.24, 2.45) is 0 Å². The molecule has 1 saturated heterocycles. The molecule has 18 heavy (non-hydrogen) atoms. The van der Waals surface area contributed by atoms with Crippen LogP contribution < -0.4 is 0 Å². The van der Waals surface area contributed by atoms with E-state index in [1.165, 1.54) is 11.8 Å². The molecule has 104 valence electrons. The van der Waals surface area contributed by atoms with Gasteiger partial charge in [0, 0.05) is 13.1 Å². The van der Waals surface area contributed by atoms with Crippen molar-refractivity contribution in [2.75, 3.05) is 25.4 Å². The molecule has 0 aromatic rings. The molecule has 1 amide bonds. The van der Waals surface area contributed by atoms with Crippen LogP contribution in [0.2, 0.25) is 0 Å². The van der Waals surface area contributed by atoms with Crippen molar-refractivity contribution < 1.29 is 14.3 Å². The molecule has 0 radical (unpaired) electrons. The number of likely N-dealkylation sites (tertiary alicyclic amines) is 1. The molecule has 0 bridgehead atoms. The number of nitrogens with zero attached hydrogens (tertiary/aromatic N) is 1. The molecule has 4 nitrogen and oxygen atoms in total. The van der Waals surface area contributed by atoms with Gasteiger partial charge in [0.2, 0.25) is 5.91 Å². The van der Waals surface area contributed by atoms with Crippen molar-refractivity contribution in [1.82, 2.24) is 4.90 Å². The Morgan fingerprint density at radius 2 is 1.94 bits per heavy atom. The highest BCUT2D eigenvalue weighted by Crippen LogP contribution is 2.20. The van der Waals surface area contributed by atoms with Gasteiger partial charge in [-0.05, 0) is 26.2 Å². The maximum atomic E-state index is 11.9. The first-order chi connectivity index (χ1) is 8.69. The Morgan fingerprint density at radius 1 is 1.28 bits per heavy atom. The van der Waals surface area contributed by atoms with Crippen LogP contribution in [0.1, 0.15) is 39.5 Å². The van der Waals surface area contributed by atoms with Crippen LogP contribution in [0.5, 0.6) is 0 Å². The highest BCUT2D eigenvalue weighted by molar-refractivity contribution is 8.01. The number of hydrogen-bond acceptors (Lipinski definition) is 4. The first kappa shape index (κ1) is 15.3. The zero-order valence-corrected chi connectivity index (χ0v) is 12.1. The van der Waals surface area contributed by atoms with E-state index in [9.17, 15) is 9.59 Å². The first-order valence-electron chi connectivity index (χ1n) is 6.75. The van der Waals surface area contributed by atoms with Gasteiger partial charge >= 0.3 is 5.97 Å². The van der Waals surface area contributed by atoms with Gasteiger partial charge in [-0.15, -0.1) is 11.8 Å². The van der Waals surface area contributed by atoms with Crippen molar-refractivity contribution >= 4 is 23.6 Å². The SMILES string of the molecule is CCCC(SCC(=O)N1CCCC1)C(=O)OCC. The first-order valence-corrected chi connectivity index (χ1v) is 7.79. The normalized spacial score (nSPS) is 16.7. The lowest BCUT2D eigenvalue weighted by molar-refractivity contribution is -0.142. The van der Waals surface area contributed by atoms with E-state index < -0.39 is 0 Å². The number of rotatable bonds is 7. The van der Waals surface area contributed by atoms with Crippen LogP contribution in [-0.2, 0) is 14.3 Å². The minimum Gasteiger partial charge on any atom is -0.465 e. The maximum absolute atomic E-state index is 11.9. The predicted octanol–water partition coefficient (Wildman–Crippen LogP) is 2.07. The number of carbonyl (C=O) groups excluding carboxylic acids is 2. The van der Waals surface area contributed by atoms with Crippen LogP contribution in [0.4, 0.5) is 0 Å². The summed E-state index contributed by atoms with van der Waals surface area (Å²) < 4.78 is 5.03. The summed E-state index contributed by atoms with van der Waals surface area (Å²) in [6.07, 6.45) is 3.91. The zero-order valence-electron chi connectivity index (χ0n) is 11.3. The van der Waals surface area contributed by atoms with Crippen LogP contribution in [0.25, 0.3) is 0 Å². The van der Waals surface area contributed by atoms with Gasteiger partial charge in [0.05, 0.1) is 12.4 Å². The summed E-state index contributed by atoms with van der Waals surface area (Å²) in [5, 5.41) is -0.193. The Morgan fingerprint density at radius 3 is 2.50 bits per heavy atom. The summed E-state index contributed by atoms with van der Waals surface area (Å²) in [4.78, 5) is 25.5. The number of ether oxygens (including phenoxy) is 1.